The Bertz CT molecular complexity index is 3130. The van der Waals surface area contributed by atoms with Crippen LogP contribution in [0, 0.1) is 0 Å². The Balaban J connectivity index is 1.13. The molecule has 0 aliphatic heterocycles. The first-order valence-corrected chi connectivity index (χ1v) is 19.9. The minimum Gasteiger partial charge on any atom is -0.247 e. The molecule has 10 rings (SSSR count). The molecular formula is C55H38N4. The average Bonchev–Trinajstić information content (AvgIpc) is 3.30. The molecule has 0 saturated heterocycles. The molecule has 0 amide bonds. The van der Waals surface area contributed by atoms with E-state index in [1.165, 1.54) is 16.2 Å². The average molecular weight is 755 g/mol. The van der Waals surface area contributed by atoms with Gasteiger partial charge in [-0.3, -0.25) is 0 Å². The van der Waals surface area contributed by atoms with Gasteiger partial charge in [0, 0.05) is 38.4 Å². The van der Waals surface area contributed by atoms with Crippen LogP contribution >= 0.6 is 0 Å². The fraction of sp³-hybridized carbons (Fsp3) is 0.0182. The highest BCUT2D eigenvalue weighted by molar-refractivity contribution is 6.24. The van der Waals surface area contributed by atoms with Crippen molar-refractivity contribution in [1.82, 2.24) is 19.9 Å². The topological polar surface area (TPSA) is 51.6 Å². The van der Waals surface area contributed by atoms with E-state index >= 15 is 0 Å². The van der Waals surface area contributed by atoms with Crippen LogP contribution in [0.2, 0.25) is 0 Å². The number of aromatic nitrogens is 4. The van der Waals surface area contributed by atoms with Gasteiger partial charge in [-0.05, 0) is 75.4 Å². The lowest BCUT2D eigenvalue weighted by molar-refractivity contribution is 1.07. The molecule has 1 aliphatic carbocycles. The molecule has 2 heterocycles. The van der Waals surface area contributed by atoms with Crippen LogP contribution in [0.25, 0.3) is 94.4 Å². The molecule has 0 N–H and O–H groups in total. The molecular weight excluding hydrogens is 717 g/mol. The smallest absolute Gasteiger partial charge is 0.164 e. The van der Waals surface area contributed by atoms with Crippen LogP contribution in [-0.2, 0) is 0 Å². The van der Waals surface area contributed by atoms with Crippen molar-refractivity contribution < 1.29 is 0 Å². The van der Waals surface area contributed by atoms with Crippen molar-refractivity contribution >= 4 is 38.0 Å². The molecule has 0 atom stereocenters. The molecule has 4 heteroatoms. The van der Waals surface area contributed by atoms with E-state index in [0.29, 0.717) is 17.5 Å². The maximum Gasteiger partial charge on any atom is 0.164 e. The fourth-order valence-corrected chi connectivity index (χ4v) is 7.97. The first kappa shape index (κ1) is 35.6. The summed E-state index contributed by atoms with van der Waals surface area (Å²) in [6.45, 7) is 4.35. The van der Waals surface area contributed by atoms with Gasteiger partial charge in [0.05, 0.1) is 11.2 Å². The van der Waals surface area contributed by atoms with E-state index in [9.17, 15) is 0 Å². The largest absolute Gasteiger partial charge is 0.247 e. The van der Waals surface area contributed by atoms with E-state index in [-0.39, 0.29) is 0 Å². The first-order valence-electron chi connectivity index (χ1n) is 19.9. The van der Waals surface area contributed by atoms with Crippen LogP contribution in [0.5, 0.6) is 0 Å². The normalized spacial score (nSPS) is 14.6. The number of allylic oxidation sites excluding steroid dienone is 9. The maximum atomic E-state index is 5.36. The highest BCUT2D eigenvalue weighted by Crippen LogP contribution is 2.42. The second kappa shape index (κ2) is 15.6. The van der Waals surface area contributed by atoms with Crippen LogP contribution < -0.4 is 0 Å². The number of pyridine rings is 1. The van der Waals surface area contributed by atoms with Gasteiger partial charge in [0.25, 0.3) is 0 Å². The number of nitrogens with zero attached hydrogens (tertiary/aromatic N) is 4. The van der Waals surface area contributed by atoms with Crippen LogP contribution in [0.15, 0.2) is 218 Å². The predicted octanol–water partition coefficient (Wildman–Crippen LogP) is 14.1. The molecule has 4 nitrogen and oxygen atoms in total. The van der Waals surface area contributed by atoms with E-state index in [2.05, 4.69) is 140 Å². The van der Waals surface area contributed by atoms with Gasteiger partial charge in [-0.2, -0.15) is 0 Å². The van der Waals surface area contributed by atoms with Crippen LogP contribution in [0.4, 0.5) is 0 Å². The summed E-state index contributed by atoms with van der Waals surface area (Å²) in [4.78, 5) is 20.3. The minimum absolute atomic E-state index is 0.626. The highest BCUT2D eigenvalue weighted by Gasteiger charge is 2.18. The molecule has 7 aromatic carbocycles. The zero-order valence-electron chi connectivity index (χ0n) is 32.3. The number of rotatable bonds is 6. The highest BCUT2D eigenvalue weighted by atomic mass is 15.0. The van der Waals surface area contributed by atoms with E-state index in [1.807, 2.05) is 72.8 Å². The van der Waals surface area contributed by atoms with Gasteiger partial charge in [-0.25, -0.2) is 19.9 Å². The van der Waals surface area contributed by atoms with Gasteiger partial charge in [-0.15, -0.1) is 0 Å². The molecule has 59 heavy (non-hydrogen) atoms. The Morgan fingerprint density at radius 2 is 0.966 bits per heavy atom. The van der Waals surface area contributed by atoms with Gasteiger partial charge in [0.1, 0.15) is 0 Å². The Morgan fingerprint density at radius 1 is 0.407 bits per heavy atom. The summed E-state index contributed by atoms with van der Waals surface area (Å²) < 4.78 is 0. The number of hydrogen-bond acceptors (Lipinski definition) is 4. The summed E-state index contributed by atoms with van der Waals surface area (Å²) in [5.41, 5.74) is 11.1. The lowest BCUT2D eigenvalue weighted by Gasteiger charge is -2.17. The number of benzene rings is 7. The van der Waals surface area contributed by atoms with E-state index in [1.54, 1.807) is 0 Å². The summed E-state index contributed by atoms with van der Waals surface area (Å²) in [5, 5.41) is 5.81. The second-order valence-electron chi connectivity index (χ2n) is 14.7. The van der Waals surface area contributed by atoms with Gasteiger partial charge in [0.15, 0.2) is 17.5 Å². The zero-order chi connectivity index (χ0) is 39.5. The van der Waals surface area contributed by atoms with Crippen LogP contribution in [0.3, 0.4) is 0 Å². The van der Waals surface area contributed by atoms with Crippen molar-refractivity contribution in [2.45, 2.75) is 6.42 Å². The van der Waals surface area contributed by atoms with E-state index in [4.69, 9.17) is 19.9 Å². The van der Waals surface area contributed by atoms with Crippen LogP contribution in [-0.4, -0.2) is 19.9 Å². The Morgan fingerprint density at radius 3 is 1.68 bits per heavy atom. The Labute approximate surface area is 343 Å². The molecule has 0 spiro atoms. The summed E-state index contributed by atoms with van der Waals surface area (Å²) in [7, 11) is 0. The fourth-order valence-electron chi connectivity index (χ4n) is 7.97. The summed E-state index contributed by atoms with van der Waals surface area (Å²) in [6, 6.07) is 57.1. The minimum atomic E-state index is 0.626. The second-order valence-corrected chi connectivity index (χ2v) is 14.7. The third kappa shape index (κ3) is 7.09. The van der Waals surface area contributed by atoms with Crippen molar-refractivity contribution in [3.63, 3.8) is 0 Å². The third-order valence-corrected chi connectivity index (χ3v) is 10.8. The number of para-hydroxylation sites is 1. The lowest BCUT2D eigenvalue weighted by atomic mass is 9.88. The van der Waals surface area contributed by atoms with Crippen molar-refractivity contribution in [3.8, 4) is 56.4 Å². The van der Waals surface area contributed by atoms with E-state index < -0.39 is 0 Å². The zero-order valence-corrected chi connectivity index (χ0v) is 32.3. The first-order chi connectivity index (χ1) is 29.2. The summed E-state index contributed by atoms with van der Waals surface area (Å²) in [6.07, 6.45) is 15.7. The molecule has 2 aromatic heterocycles. The molecule has 9 aromatic rings. The number of fused-ring (bicyclic) bond motifs is 5. The maximum absolute atomic E-state index is 5.36. The SMILES string of the molecule is C=C1C=C(c2nc3ccccc3c3c2cc(-c2cccc(-c4cccc(-c5nc(-c6ccccc6)nc(-c6ccccc6)n5)c4)c2)c2ccccc23)/C=C\C/C=C\C=C/1. The quantitative estimate of drug-likeness (QED) is 0.159. The van der Waals surface area contributed by atoms with Crippen molar-refractivity contribution in [2.24, 2.45) is 0 Å². The molecule has 1 aliphatic rings. The van der Waals surface area contributed by atoms with E-state index in [0.717, 1.165) is 78.5 Å². The van der Waals surface area contributed by atoms with Crippen molar-refractivity contribution in [1.29, 1.82) is 0 Å². The lowest BCUT2D eigenvalue weighted by Crippen LogP contribution is -2.00. The predicted molar refractivity (Wildman–Crippen MR) is 246 cm³/mol. The summed E-state index contributed by atoms with van der Waals surface area (Å²) >= 11 is 0. The van der Waals surface area contributed by atoms with Gasteiger partial charge < -0.3 is 0 Å². The molecule has 278 valence electrons. The molecule has 0 saturated carbocycles. The van der Waals surface area contributed by atoms with Gasteiger partial charge in [-0.1, -0.05) is 183 Å². The van der Waals surface area contributed by atoms with Crippen molar-refractivity contribution in [3.05, 3.63) is 224 Å². The third-order valence-electron chi connectivity index (χ3n) is 10.8. The summed E-state index contributed by atoms with van der Waals surface area (Å²) in [5.74, 6) is 1.91. The monoisotopic (exact) mass is 754 g/mol. The Kier molecular flexibility index (Phi) is 9.41. The molecule has 0 unspecified atom stereocenters. The van der Waals surface area contributed by atoms with Crippen molar-refractivity contribution in [2.75, 3.05) is 0 Å². The van der Waals surface area contributed by atoms with Crippen LogP contribution in [0.1, 0.15) is 12.1 Å². The standard InChI is InChI=1S/C55H38N4/c1-37-19-7-3-2-4-8-24-43(33-37)52-49-36-48(45-29-13-14-30-46(45)51(49)47-31-15-16-32-50(47)56-52)42-27-17-25-40(34-42)41-26-18-28-44(35-41)55-58-53(38-20-9-5-10-21-38)57-54(59-55)39-22-11-6-12-23-39/h2-3,5-36H,1,4H2/b3-2-,19-7-,24-8-,43-33?. The van der Waals surface area contributed by atoms with Gasteiger partial charge in [0.2, 0.25) is 0 Å². The molecule has 0 bridgehead atoms. The molecule has 0 radical (unpaired) electrons. The Hall–Kier alpha value is -7.82. The molecule has 0 fully saturated rings. The van der Waals surface area contributed by atoms with Gasteiger partial charge >= 0.3 is 0 Å². The number of hydrogen-bond donors (Lipinski definition) is 0.